The molecule has 10 N–H and O–H groups in total. The van der Waals surface area contributed by atoms with Gasteiger partial charge in [0.05, 0.1) is 18.0 Å². The molecule has 44 heavy (non-hydrogen) atoms. The lowest BCUT2D eigenvalue weighted by atomic mass is 10.1. The summed E-state index contributed by atoms with van der Waals surface area (Å²) in [7, 11) is 0. The number of carbonyl (C=O) groups is 2. The van der Waals surface area contributed by atoms with E-state index < -0.39 is 5.91 Å². The third kappa shape index (κ3) is 10.1. The smallest absolute Gasteiger partial charge is 0.251 e. The molecule has 0 aromatic heterocycles. The molecule has 0 radical (unpaired) electrons. The highest BCUT2D eigenvalue weighted by Crippen LogP contribution is 2.16. The van der Waals surface area contributed by atoms with Gasteiger partial charge < -0.3 is 33.6 Å². The molecule has 0 saturated heterocycles. The number of benzene rings is 4. The van der Waals surface area contributed by atoms with Crippen LogP contribution in [0, 0.1) is 6.92 Å². The topological polar surface area (TPSA) is 212 Å². The van der Waals surface area contributed by atoms with Crippen LogP contribution in [-0.4, -0.2) is 41.7 Å². The van der Waals surface area contributed by atoms with E-state index in [1.165, 1.54) is 16.3 Å². The molecule has 4 aromatic carbocycles. The standard InChI is InChI=1S/C21H26N10O2.C11H10/c1-12(28-30-20(22)23)14-6-8-17(9-7-14)27-18(32)11-26-19(33)16-5-3-4-15(10-16)13(2)29-31-21(24)25;1-9-5-4-7-10-6-2-3-8-11(9)10/h3-10H,11H2,1-2H3,(H,26,33)(H,27,32)(H4,22,23,30)(H4,24,25,31);2-8H,1H3/b28-12+,29-13+;. The zero-order chi connectivity index (χ0) is 32.1. The molecule has 0 aliphatic rings. The van der Waals surface area contributed by atoms with Gasteiger partial charge in [0.15, 0.2) is 0 Å². The van der Waals surface area contributed by atoms with E-state index >= 15 is 0 Å². The number of aryl methyl sites for hydroxylation is 1. The first-order valence-electron chi connectivity index (χ1n) is 13.5. The van der Waals surface area contributed by atoms with Crippen molar-refractivity contribution in [1.29, 1.82) is 0 Å². The van der Waals surface area contributed by atoms with Crippen molar-refractivity contribution in [2.45, 2.75) is 20.8 Å². The van der Waals surface area contributed by atoms with Crippen molar-refractivity contribution in [1.82, 2.24) is 5.32 Å². The first-order valence-corrected chi connectivity index (χ1v) is 13.5. The molecule has 0 aliphatic carbocycles. The summed E-state index contributed by atoms with van der Waals surface area (Å²) >= 11 is 0. The largest absolute Gasteiger partial charge is 0.369 e. The Labute approximate surface area is 255 Å². The fourth-order valence-corrected chi connectivity index (χ4v) is 3.92. The summed E-state index contributed by atoms with van der Waals surface area (Å²) in [6.07, 6.45) is 0. The lowest BCUT2D eigenvalue weighted by molar-refractivity contribution is -0.115. The van der Waals surface area contributed by atoms with Crippen molar-refractivity contribution >= 4 is 51.6 Å². The minimum atomic E-state index is -0.413. The van der Waals surface area contributed by atoms with Crippen molar-refractivity contribution in [3.63, 3.8) is 0 Å². The van der Waals surface area contributed by atoms with E-state index in [0.717, 1.165) is 5.56 Å². The summed E-state index contributed by atoms with van der Waals surface area (Å²) in [5.41, 5.74) is 25.9. The molecule has 0 aliphatic heterocycles. The minimum absolute atomic E-state index is 0.138. The van der Waals surface area contributed by atoms with E-state index in [0.29, 0.717) is 28.2 Å². The van der Waals surface area contributed by atoms with Crippen LogP contribution in [0.3, 0.4) is 0 Å². The van der Waals surface area contributed by atoms with Gasteiger partial charge in [0.1, 0.15) is 0 Å². The van der Waals surface area contributed by atoms with Crippen LogP contribution < -0.4 is 33.6 Å². The van der Waals surface area contributed by atoms with E-state index in [1.807, 2.05) is 0 Å². The number of guanidine groups is 2. The molecule has 4 aromatic rings. The molecule has 0 bridgehead atoms. The van der Waals surface area contributed by atoms with Crippen LogP contribution >= 0.6 is 0 Å². The second-order valence-electron chi connectivity index (χ2n) is 9.61. The molecule has 0 heterocycles. The summed E-state index contributed by atoms with van der Waals surface area (Å²) in [5.74, 6) is -1.11. The van der Waals surface area contributed by atoms with Gasteiger partial charge in [0, 0.05) is 11.3 Å². The Hall–Kier alpha value is -6.04. The number of nitrogens with one attached hydrogen (secondary N) is 2. The number of anilines is 1. The van der Waals surface area contributed by atoms with Crippen LogP contribution in [0.1, 0.15) is 40.9 Å². The molecule has 0 fully saturated rings. The van der Waals surface area contributed by atoms with E-state index in [1.54, 1.807) is 62.4 Å². The number of rotatable bonds is 8. The fraction of sp³-hybridized carbons (Fsp3) is 0.125. The van der Waals surface area contributed by atoms with Crippen molar-refractivity contribution in [2.75, 3.05) is 11.9 Å². The predicted molar refractivity (Wildman–Crippen MR) is 179 cm³/mol. The number of hydrogen-bond donors (Lipinski definition) is 6. The highest BCUT2D eigenvalue weighted by Gasteiger charge is 2.10. The van der Waals surface area contributed by atoms with Gasteiger partial charge in [0.2, 0.25) is 17.8 Å². The number of hydrogen-bond acceptors (Lipinski definition) is 6. The number of carbonyl (C=O) groups excluding carboxylic acids is 2. The Kier molecular flexibility index (Phi) is 11.7. The maximum absolute atomic E-state index is 12.4. The van der Waals surface area contributed by atoms with Gasteiger partial charge in [-0.15, -0.1) is 10.2 Å². The summed E-state index contributed by atoms with van der Waals surface area (Å²) in [6.45, 7) is 5.38. The zero-order valence-corrected chi connectivity index (χ0v) is 24.8. The van der Waals surface area contributed by atoms with Crippen LogP contribution in [-0.2, 0) is 4.79 Å². The molecule has 0 unspecified atom stereocenters. The molecule has 0 saturated carbocycles. The normalized spacial score (nSPS) is 11.1. The van der Waals surface area contributed by atoms with E-state index in [-0.39, 0.29) is 24.4 Å². The van der Waals surface area contributed by atoms with E-state index in [9.17, 15) is 9.59 Å². The second-order valence-corrected chi connectivity index (χ2v) is 9.61. The summed E-state index contributed by atoms with van der Waals surface area (Å²) < 4.78 is 0. The van der Waals surface area contributed by atoms with E-state index in [2.05, 4.69) is 80.4 Å². The van der Waals surface area contributed by atoms with Crippen molar-refractivity contribution in [3.8, 4) is 0 Å². The van der Waals surface area contributed by atoms with Crippen molar-refractivity contribution < 1.29 is 9.59 Å². The first-order chi connectivity index (χ1) is 21.0. The highest BCUT2D eigenvalue weighted by atomic mass is 16.2. The van der Waals surface area contributed by atoms with Crippen LogP contribution in [0.5, 0.6) is 0 Å². The third-order valence-corrected chi connectivity index (χ3v) is 6.18. The summed E-state index contributed by atoms with van der Waals surface area (Å²) in [5, 5.41) is 22.9. The quantitative estimate of drug-likeness (QED) is 0.103. The first kappa shape index (κ1) is 32.5. The average Bonchev–Trinajstić information content (AvgIpc) is 3.02. The predicted octanol–water partition coefficient (Wildman–Crippen LogP) is 3.20. The van der Waals surface area contributed by atoms with Gasteiger partial charge >= 0.3 is 0 Å². The number of amides is 2. The molecule has 0 atom stereocenters. The van der Waals surface area contributed by atoms with Gasteiger partial charge in [-0.1, -0.05) is 66.7 Å². The van der Waals surface area contributed by atoms with Crippen LogP contribution in [0.25, 0.3) is 10.8 Å². The fourth-order valence-electron chi connectivity index (χ4n) is 3.92. The van der Waals surface area contributed by atoms with Crippen LogP contribution in [0.15, 0.2) is 111 Å². The maximum atomic E-state index is 12.4. The molecule has 0 spiro atoms. The Bertz CT molecular complexity index is 1730. The minimum Gasteiger partial charge on any atom is -0.369 e. The molecule has 226 valence electrons. The number of fused-ring (bicyclic) bond motifs is 1. The van der Waals surface area contributed by atoms with E-state index in [4.69, 9.17) is 22.9 Å². The van der Waals surface area contributed by atoms with Gasteiger partial charge in [-0.05, 0) is 72.5 Å². The third-order valence-electron chi connectivity index (χ3n) is 6.18. The van der Waals surface area contributed by atoms with Crippen LogP contribution in [0.4, 0.5) is 5.69 Å². The average molecular weight is 593 g/mol. The van der Waals surface area contributed by atoms with Gasteiger partial charge in [0.25, 0.3) is 5.91 Å². The van der Waals surface area contributed by atoms with Gasteiger partial charge in [-0.25, -0.2) is 0 Å². The van der Waals surface area contributed by atoms with Crippen LogP contribution in [0.2, 0.25) is 0 Å². The van der Waals surface area contributed by atoms with Gasteiger partial charge in [-0.2, -0.15) is 10.2 Å². The van der Waals surface area contributed by atoms with Gasteiger partial charge in [-0.3, -0.25) is 9.59 Å². The number of nitrogens with zero attached hydrogens (tertiary/aromatic N) is 4. The lowest BCUT2D eigenvalue weighted by Gasteiger charge is -2.09. The van der Waals surface area contributed by atoms with Crippen molar-refractivity contribution in [2.24, 2.45) is 43.3 Å². The Morgan fingerprint density at radius 1 is 0.659 bits per heavy atom. The molecule has 12 heteroatoms. The lowest BCUT2D eigenvalue weighted by Crippen LogP contribution is -2.32. The molecule has 12 nitrogen and oxygen atoms in total. The van der Waals surface area contributed by atoms with Crippen molar-refractivity contribution in [3.05, 3.63) is 113 Å². The Balaban J connectivity index is 0.000000397. The molecular formula is C32H36N10O2. The summed E-state index contributed by atoms with van der Waals surface area (Å²) in [6, 6.07) is 28.4. The number of nitrogens with two attached hydrogens (primary N) is 4. The monoisotopic (exact) mass is 592 g/mol. The molecular weight excluding hydrogens is 556 g/mol. The SMILES string of the molecule is C/C(=N\N=C(N)N)c1ccc(NC(=O)CNC(=O)c2cccc(/C(C)=N/N=C(N)N)c2)cc1.Cc1cccc2ccccc12. The molecule has 4 rings (SSSR count). The molecule has 2 amide bonds. The maximum Gasteiger partial charge on any atom is 0.251 e. The Morgan fingerprint density at radius 3 is 1.86 bits per heavy atom. The highest BCUT2D eigenvalue weighted by molar-refractivity contribution is 6.04. The zero-order valence-electron chi connectivity index (χ0n) is 24.8. The second kappa shape index (κ2) is 15.8. The summed E-state index contributed by atoms with van der Waals surface area (Å²) in [4.78, 5) is 24.6. The Morgan fingerprint density at radius 2 is 1.23 bits per heavy atom.